The molecule has 2 aromatic rings. The molecular weight excluding hydrogens is 503 g/mol. The van der Waals surface area contributed by atoms with Gasteiger partial charge in [-0.1, -0.05) is 23.2 Å². The van der Waals surface area contributed by atoms with Gasteiger partial charge in [0.25, 0.3) is 5.91 Å². The molecule has 0 N–H and O–H groups in total. The molecule has 8 nitrogen and oxygen atoms in total. The number of hydrogen-bond acceptors (Lipinski definition) is 6. The van der Waals surface area contributed by atoms with Gasteiger partial charge in [0.05, 0.1) is 29.3 Å². The molecule has 34 heavy (non-hydrogen) atoms. The Morgan fingerprint density at radius 2 is 1.74 bits per heavy atom. The number of hydrogen-bond donors (Lipinski definition) is 0. The highest BCUT2D eigenvalue weighted by Gasteiger charge is 2.51. The topological polar surface area (TPSA) is 101 Å². The number of ether oxygens (including phenoxy) is 1. The Hall–Kier alpha value is -2.46. The molecule has 11 heteroatoms. The number of esters is 1. The van der Waals surface area contributed by atoms with Crippen LogP contribution in [0.1, 0.15) is 44.5 Å². The summed E-state index contributed by atoms with van der Waals surface area (Å²) in [6.45, 7) is 6.76. The minimum atomic E-state index is -4.33. The van der Waals surface area contributed by atoms with Crippen molar-refractivity contribution in [1.82, 2.24) is 4.31 Å². The monoisotopic (exact) mass is 526 g/mol. The highest BCUT2D eigenvalue weighted by atomic mass is 35.5. The van der Waals surface area contributed by atoms with Gasteiger partial charge in [-0.25, -0.2) is 18.1 Å². The van der Waals surface area contributed by atoms with E-state index < -0.39 is 39.4 Å². The SMILES string of the molecule is CCOC(=O)c1ccc(N2C(=O)CC(N(C(C)(C)C)S(=O)(=O)c3cc(Cl)ccc3Cl)C2=O)cc1. The van der Waals surface area contributed by atoms with Gasteiger partial charge < -0.3 is 4.74 Å². The van der Waals surface area contributed by atoms with Crippen molar-refractivity contribution >= 4 is 56.7 Å². The first-order valence-electron chi connectivity index (χ1n) is 10.4. The number of anilines is 1. The number of carbonyl (C=O) groups excluding carboxylic acids is 3. The van der Waals surface area contributed by atoms with Crippen molar-refractivity contribution in [2.75, 3.05) is 11.5 Å². The maximum absolute atomic E-state index is 13.7. The molecule has 1 saturated heterocycles. The number of halogens is 2. The lowest BCUT2D eigenvalue weighted by Crippen LogP contribution is -2.54. The van der Waals surface area contributed by atoms with Crippen LogP contribution in [-0.2, 0) is 24.3 Å². The molecule has 1 fully saturated rings. The van der Waals surface area contributed by atoms with Gasteiger partial charge in [0.15, 0.2) is 0 Å². The third kappa shape index (κ3) is 4.98. The molecule has 1 atom stereocenters. The largest absolute Gasteiger partial charge is 0.462 e. The first kappa shape index (κ1) is 26.2. The highest BCUT2D eigenvalue weighted by Crippen LogP contribution is 2.37. The second kappa shape index (κ2) is 9.65. The van der Waals surface area contributed by atoms with E-state index in [1.54, 1.807) is 27.7 Å². The first-order chi connectivity index (χ1) is 15.8. The summed E-state index contributed by atoms with van der Waals surface area (Å²) in [6.07, 6.45) is -0.354. The standard InChI is InChI=1S/C23H24Cl2N2O6S/c1-5-33-22(30)14-6-9-16(10-7-14)26-20(28)13-18(21(26)29)27(23(2,3)4)34(31,32)19-12-15(24)8-11-17(19)25/h6-12,18H,5,13H2,1-4H3. The Morgan fingerprint density at radius 3 is 2.29 bits per heavy atom. The van der Waals surface area contributed by atoms with Crippen LogP contribution in [0.15, 0.2) is 47.4 Å². The van der Waals surface area contributed by atoms with E-state index in [-0.39, 0.29) is 39.2 Å². The maximum Gasteiger partial charge on any atom is 0.338 e. The Kier molecular flexibility index (Phi) is 7.43. The van der Waals surface area contributed by atoms with Crippen molar-refractivity contribution in [3.63, 3.8) is 0 Å². The molecule has 2 amide bonds. The van der Waals surface area contributed by atoms with Gasteiger partial charge in [0, 0.05) is 10.6 Å². The van der Waals surface area contributed by atoms with Gasteiger partial charge in [-0.2, -0.15) is 4.31 Å². The van der Waals surface area contributed by atoms with E-state index in [4.69, 9.17) is 27.9 Å². The summed E-state index contributed by atoms with van der Waals surface area (Å²) in [5.41, 5.74) is -0.595. The predicted octanol–water partition coefficient (Wildman–Crippen LogP) is 4.29. The van der Waals surface area contributed by atoms with E-state index in [2.05, 4.69) is 0 Å². The van der Waals surface area contributed by atoms with E-state index in [1.807, 2.05) is 0 Å². The van der Waals surface area contributed by atoms with Crippen LogP contribution >= 0.6 is 23.2 Å². The molecule has 1 heterocycles. The fourth-order valence-corrected chi connectivity index (χ4v) is 6.48. The summed E-state index contributed by atoms with van der Waals surface area (Å²) in [4.78, 5) is 38.8. The average molecular weight is 527 g/mol. The molecule has 0 aliphatic carbocycles. The minimum Gasteiger partial charge on any atom is -0.462 e. The number of benzene rings is 2. The first-order valence-corrected chi connectivity index (χ1v) is 12.6. The zero-order chi connectivity index (χ0) is 25.4. The molecule has 1 unspecified atom stereocenters. The molecule has 0 aromatic heterocycles. The molecule has 0 radical (unpaired) electrons. The van der Waals surface area contributed by atoms with Crippen molar-refractivity contribution in [3.8, 4) is 0 Å². The van der Waals surface area contributed by atoms with Crippen molar-refractivity contribution in [1.29, 1.82) is 0 Å². The van der Waals surface area contributed by atoms with Crippen molar-refractivity contribution in [3.05, 3.63) is 58.1 Å². The van der Waals surface area contributed by atoms with Crippen LogP contribution in [0.5, 0.6) is 0 Å². The van der Waals surface area contributed by atoms with Gasteiger partial charge in [-0.3, -0.25) is 9.59 Å². The molecule has 182 valence electrons. The number of rotatable bonds is 6. The Bertz CT molecular complexity index is 1240. The van der Waals surface area contributed by atoms with Gasteiger partial charge in [0.1, 0.15) is 10.9 Å². The van der Waals surface area contributed by atoms with Crippen LogP contribution in [0.2, 0.25) is 10.0 Å². The van der Waals surface area contributed by atoms with Crippen molar-refractivity contribution in [2.24, 2.45) is 0 Å². The minimum absolute atomic E-state index is 0.0539. The van der Waals surface area contributed by atoms with Crippen LogP contribution in [-0.4, -0.2) is 48.7 Å². The third-order valence-electron chi connectivity index (χ3n) is 5.13. The second-order valence-corrected chi connectivity index (χ2v) is 11.2. The fourth-order valence-electron chi connectivity index (χ4n) is 3.81. The zero-order valence-electron chi connectivity index (χ0n) is 19.0. The lowest BCUT2D eigenvalue weighted by Gasteiger charge is -2.37. The summed E-state index contributed by atoms with van der Waals surface area (Å²) in [7, 11) is -4.33. The zero-order valence-corrected chi connectivity index (χ0v) is 21.4. The van der Waals surface area contributed by atoms with Crippen LogP contribution in [0.3, 0.4) is 0 Å². The molecule has 0 saturated carbocycles. The van der Waals surface area contributed by atoms with Gasteiger partial charge in [0.2, 0.25) is 15.9 Å². The fraction of sp³-hybridized carbons (Fsp3) is 0.348. The van der Waals surface area contributed by atoms with E-state index in [1.165, 1.54) is 42.5 Å². The van der Waals surface area contributed by atoms with Gasteiger partial charge >= 0.3 is 5.97 Å². The average Bonchev–Trinajstić information content (AvgIpc) is 3.02. The smallest absolute Gasteiger partial charge is 0.338 e. The summed E-state index contributed by atoms with van der Waals surface area (Å²) in [6, 6.07) is 8.48. The highest BCUT2D eigenvalue weighted by molar-refractivity contribution is 7.89. The number of imide groups is 1. The van der Waals surface area contributed by atoms with E-state index in [0.717, 1.165) is 9.21 Å². The summed E-state index contributed by atoms with van der Waals surface area (Å²) >= 11 is 12.2. The van der Waals surface area contributed by atoms with Crippen LogP contribution in [0, 0.1) is 0 Å². The summed E-state index contributed by atoms with van der Waals surface area (Å²) in [5.74, 6) is -1.81. The molecule has 1 aliphatic rings. The normalized spacial score (nSPS) is 16.9. The van der Waals surface area contributed by atoms with Crippen LogP contribution in [0.25, 0.3) is 0 Å². The number of carbonyl (C=O) groups is 3. The Morgan fingerprint density at radius 1 is 1.12 bits per heavy atom. The summed E-state index contributed by atoms with van der Waals surface area (Å²) in [5, 5.41) is 0.107. The molecule has 2 aromatic carbocycles. The van der Waals surface area contributed by atoms with E-state index >= 15 is 0 Å². The van der Waals surface area contributed by atoms with Gasteiger partial charge in [-0.05, 0) is 70.2 Å². The summed E-state index contributed by atoms with van der Waals surface area (Å²) < 4.78 is 33.3. The molecule has 0 bridgehead atoms. The van der Waals surface area contributed by atoms with E-state index in [9.17, 15) is 22.8 Å². The van der Waals surface area contributed by atoms with Crippen LogP contribution < -0.4 is 4.90 Å². The lowest BCUT2D eigenvalue weighted by molar-refractivity contribution is -0.122. The van der Waals surface area contributed by atoms with Crippen molar-refractivity contribution < 1.29 is 27.5 Å². The van der Waals surface area contributed by atoms with Crippen LogP contribution in [0.4, 0.5) is 5.69 Å². The quantitative estimate of drug-likeness (QED) is 0.411. The Balaban J connectivity index is 2.01. The second-order valence-electron chi connectivity index (χ2n) is 8.60. The van der Waals surface area contributed by atoms with Crippen molar-refractivity contribution in [2.45, 2.75) is 50.6 Å². The molecular formula is C23H24Cl2N2O6S. The number of nitrogens with zero attached hydrogens (tertiary/aromatic N) is 2. The third-order valence-corrected chi connectivity index (χ3v) is 8.02. The number of amides is 2. The molecule has 3 rings (SSSR count). The number of sulfonamides is 1. The predicted molar refractivity (Wildman–Crippen MR) is 129 cm³/mol. The molecule has 0 spiro atoms. The maximum atomic E-state index is 13.7. The molecule has 1 aliphatic heterocycles. The Labute approximate surface area is 208 Å². The van der Waals surface area contributed by atoms with E-state index in [0.29, 0.717) is 0 Å². The lowest BCUT2D eigenvalue weighted by atomic mass is 10.1. The van der Waals surface area contributed by atoms with Gasteiger partial charge in [-0.15, -0.1) is 0 Å².